The standard InChI is InChI=1S/C11H17N4O2/c1-3-17-10(16)6-14-9-7-15(2)5-4-8(9)11(12)13/h4-5,7,14H,3,6H2,1-2H3,(H3,12,13)/q+1. The molecule has 1 heterocycles. The van der Waals surface area contributed by atoms with Crippen molar-refractivity contribution in [3.05, 3.63) is 24.0 Å². The van der Waals surface area contributed by atoms with Gasteiger partial charge in [-0.25, -0.2) is 4.57 Å². The molecule has 0 aromatic carbocycles. The normalized spacial score (nSPS) is 9.76. The minimum Gasteiger partial charge on any atom is -0.465 e. The molecular formula is C11H17N4O2+. The summed E-state index contributed by atoms with van der Waals surface area (Å²) in [6, 6.07) is 1.72. The fourth-order valence-corrected chi connectivity index (χ4v) is 1.35. The summed E-state index contributed by atoms with van der Waals surface area (Å²) in [6.07, 6.45) is 3.54. The maximum absolute atomic E-state index is 11.2. The Morgan fingerprint density at radius 1 is 1.65 bits per heavy atom. The Labute approximate surface area is 99.9 Å². The molecule has 0 radical (unpaired) electrons. The van der Waals surface area contributed by atoms with Crippen LogP contribution in [0.15, 0.2) is 18.5 Å². The van der Waals surface area contributed by atoms with Gasteiger partial charge in [0.25, 0.3) is 0 Å². The maximum atomic E-state index is 11.2. The number of aryl methyl sites for hydroxylation is 1. The zero-order valence-electron chi connectivity index (χ0n) is 9.99. The molecule has 0 aliphatic heterocycles. The zero-order valence-corrected chi connectivity index (χ0v) is 9.99. The number of pyridine rings is 1. The van der Waals surface area contributed by atoms with Crippen molar-refractivity contribution in [3.8, 4) is 0 Å². The highest BCUT2D eigenvalue weighted by Gasteiger charge is 2.11. The highest BCUT2D eigenvalue weighted by Crippen LogP contribution is 2.10. The lowest BCUT2D eigenvalue weighted by atomic mass is 10.2. The number of nitrogens with one attached hydrogen (secondary N) is 2. The van der Waals surface area contributed by atoms with E-state index in [0.717, 1.165) is 0 Å². The van der Waals surface area contributed by atoms with Gasteiger partial charge in [0.1, 0.15) is 25.1 Å². The van der Waals surface area contributed by atoms with Gasteiger partial charge in [0.05, 0.1) is 12.2 Å². The molecule has 0 fully saturated rings. The monoisotopic (exact) mass is 237 g/mol. The second-order valence-electron chi connectivity index (χ2n) is 3.51. The summed E-state index contributed by atoms with van der Waals surface area (Å²) in [5.41, 5.74) is 6.64. The van der Waals surface area contributed by atoms with Gasteiger partial charge in [-0.2, -0.15) is 0 Å². The van der Waals surface area contributed by atoms with Crippen LogP contribution in [0, 0.1) is 5.41 Å². The zero-order chi connectivity index (χ0) is 12.8. The average molecular weight is 237 g/mol. The number of carbonyl (C=O) groups excluding carboxylic acids is 1. The molecule has 4 N–H and O–H groups in total. The molecular weight excluding hydrogens is 220 g/mol. The highest BCUT2D eigenvalue weighted by molar-refractivity contribution is 6.00. The third kappa shape index (κ3) is 3.75. The van der Waals surface area contributed by atoms with Crippen molar-refractivity contribution in [2.45, 2.75) is 6.92 Å². The van der Waals surface area contributed by atoms with E-state index in [0.29, 0.717) is 17.9 Å². The van der Waals surface area contributed by atoms with Crippen LogP contribution in [0.25, 0.3) is 0 Å². The van der Waals surface area contributed by atoms with Gasteiger partial charge >= 0.3 is 5.97 Å². The quantitative estimate of drug-likeness (QED) is 0.285. The molecule has 0 aliphatic carbocycles. The maximum Gasteiger partial charge on any atom is 0.325 e. The molecule has 0 atom stereocenters. The van der Waals surface area contributed by atoms with Crippen molar-refractivity contribution in [2.75, 3.05) is 18.5 Å². The number of hydrogen-bond donors (Lipinski definition) is 3. The largest absolute Gasteiger partial charge is 0.465 e. The molecule has 0 amide bonds. The molecule has 17 heavy (non-hydrogen) atoms. The van der Waals surface area contributed by atoms with E-state index in [1.807, 2.05) is 7.05 Å². The number of rotatable bonds is 5. The summed E-state index contributed by atoms with van der Waals surface area (Å²) in [5.74, 6) is -0.384. The van der Waals surface area contributed by atoms with Crippen molar-refractivity contribution in [1.29, 1.82) is 5.41 Å². The van der Waals surface area contributed by atoms with Crippen LogP contribution in [-0.2, 0) is 16.6 Å². The third-order valence-corrected chi connectivity index (χ3v) is 2.12. The molecule has 1 aromatic heterocycles. The van der Waals surface area contributed by atoms with Gasteiger partial charge in [-0.05, 0) is 6.92 Å². The SMILES string of the molecule is CCOC(=O)CNc1c[n+](C)ccc1C(=N)N. The van der Waals surface area contributed by atoms with Crippen LogP contribution in [0.5, 0.6) is 0 Å². The molecule has 0 saturated carbocycles. The first-order valence-electron chi connectivity index (χ1n) is 5.27. The van der Waals surface area contributed by atoms with Crippen molar-refractivity contribution in [3.63, 3.8) is 0 Å². The Morgan fingerprint density at radius 2 is 2.35 bits per heavy atom. The molecule has 0 aliphatic rings. The first-order chi connectivity index (χ1) is 8.04. The van der Waals surface area contributed by atoms with Crippen molar-refractivity contribution >= 4 is 17.5 Å². The fourth-order valence-electron chi connectivity index (χ4n) is 1.35. The summed E-state index contributed by atoms with van der Waals surface area (Å²) in [6.45, 7) is 2.15. The summed E-state index contributed by atoms with van der Waals surface area (Å²) in [4.78, 5) is 11.2. The van der Waals surface area contributed by atoms with E-state index >= 15 is 0 Å². The van der Waals surface area contributed by atoms with E-state index in [4.69, 9.17) is 15.9 Å². The molecule has 0 spiro atoms. The second kappa shape index (κ2) is 5.83. The predicted octanol–water partition coefficient (Wildman–Crippen LogP) is -0.230. The Kier molecular flexibility index (Phi) is 4.45. The van der Waals surface area contributed by atoms with Crippen molar-refractivity contribution < 1.29 is 14.1 Å². The van der Waals surface area contributed by atoms with Crippen LogP contribution in [0.1, 0.15) is 12.5 Å². The van der Waals surface area contributed by atoms with E-state index in [2.05, 4.69) is 5.32 Å². The number of nitrogens with zero attached hydrogens (tertiary/aromatic N) is 1. The summed E-state index contributed by atoms with van der Waals surface area (Å²) < 4.78 is 6.61. The van der Waals surface area contributed by atoms with Gasteiger partial charge in [0.2, 0.25) is 0 Å². The van der Waals surface area contributed by atoms with E-state index in [1.54, 1.807) is 30.0 Å². The fraction of sp³-hybridized carbons (Fsp3) is 0.364. The number of amidine groups is 1. The molecule has 0 saturated heterocycles. The van der Waals surface area contributed by atoms with Crippen LogP contribution in [0.3, 0.4) is 0 Å². The van der Waals surface area contributed by atoms with E-state index < -0.39 is 0 Å². The number of anilines is 1. The number of aromatic nitrogens is 1. The summed E-state index contributed by atoms with van der Waals surface area (Å²) in [5, 5.41) is 10.3. The third-order valence-electron chi connectivity index (χ3n) is 2.12. The molecule has 92 valence electrons. The average Bonchev–Trinajstić information content (AvgIpc) is 2.26. The first-order valence-corrected chi connectivity index (χ1v) is 5.27. The smallest absolute Gasteiger partial charge is 0.325 e. The highest BCUT2D eigenvalue weighted by atomic mass is 16.5. The number of nitrogen functional groups attached to an aromatic ring is 1. The number of carbonyl (C=O) groups is 1. The first kappa shape index (κ1) is 13.0. The van der Waals surface area contributed by atoms with Gasteiger partial charge < -0.3 is 15.8 Å². The molecule has 0 unspecified atom stereocenters. The van der Waals surface area contributed by atoms with Crippen LogP contribution in [-0.4, -0.2) is 25.0 Å². The number of nitrogens with two attached hydrogens (primary N) is 1. The van der Waals surface area contributed by atoms with Crippen molar-refractivity contribution in [1.82, 2.24) is 0 Å². The van der Waals surface area contributed by atoms with Crippen LogP contribution >= 0.6 is 0 Å². The Morgan fingerprint density at radius 3 is 2.94 bits per heavy atom. The van der Waals surface area contributed by atoms with Crippen molar-refractivity contribution in [2.24, 2.45) is 12.8 Å². The molecule has 0 bridgehead atoms. The van der Waals surface area contributed by atoms with Crippen LogP contribution in [0.4, 0.5) is 5.69 Å². The minimum atomic E-state index is -0.339. The number of ether oxygens (including phenoxy) is 1. The summed E-state index contributed by atoms with van der Waals surface area (Å²) in [7, 11) is 1.85. The lowest BCUT2D eigenvalue weighted by Crippen LogP contribution is -2.30. The molecule has 6 nitrogen and oxygen atoms in total. The van der Waals surface area contributed by atoms with Crippen LogP contribution in [0.2, 0.25) is 0 Å². The topological polar surface area (TPSA) is 92.1 Å². The lowest BCUT2D eigenvalue weighted by molar-refractivity contribution is -0.670. The van der Waals surface area contributed by atoms with Gasteiger partial charge in [-0.3, -0.25) is 10.2 Å². The molecule has 6 heteroatoms. The number of hydrogen-bond acceptors (Lipinski definition) is 4. The van der Waals surface area contributed by atoms with Gasteiger partial charge in [-0.15, -0.1) is 0 Å². The van der Waals surface area contributed by atoms with Gasteiger partial charge in [0.15, 0.2) is 12.4 Å². The van der Waals surface area contributed by atoms with Crippen LogP contribution < -0.4 is 15.6 Å². The Bertz CT molecular complexity index is 431. The predicted molar refractivity (Wildman–Crippen MR) is 63.8 cm³/mol. The lowest BCUT2D eigenvalue weighted by Gasteiger charge is -2.08. The Hall–Kier alpha value is -2.11. The summed E-state index contributed by atoms with van der Waals surface area (Å²) >= 11 is 0. The van der Waals surface area contributed by atoms with E-state index in [1.165, 1.54) is 0 Å². The molecule has 1 rings (SSSR count). The number of esters is 1. The van der Waals surface area contributed by atoms with Gasteiger partial charge in [0, 0.05) is 6.07 Å². The van der Waals surface area contributed by atoms with E-state index in [-0.39, 0.29) is 18.3 Å². The minimum absolute atomic E-state index is 0.0445. The second-order valence-corrected chi connectivity index (χ2v) is 3.51. The Balaban J connectivity index is 2.78. The van der Waals surface area contributed by atoms with E-state index in [9.17, 15) is 4.79 Å². The van der Waals surface area contributed by atoms with Gasteiger partial charge in [-0.1, -0.05) is 0 Å². The molecule has 1 aromatic rings.